The molecule has 1 saturated heterocycles. The van der Waals surface area contributed by atoms with Gasteiger partial charge in [-0.25, -0.2) is 0 Å². The molecule has 1 N–H and O–H groups in total. The zero-order valence-corrected chi connectivity index (χ0v) is 17.7. The molecule has 0 bridgehead atoms. The van der Waals surface area contributed by atoms with Crippen LogP contribution < -0.4 is 10.2 Å². The highest BCUT2D eigenvalue weighted by atomic mass is 35.5. The molecule has 166 valence electrons. The second-order valence-electron chi connectivity index (χ2n) is 8.06. The van der Waals surface area contributed by atoms with Crippen LogP contribution in [0.25, 0.3) is 0 Å². The van der Waals surface area contributed by atoms with Crippen LogP contribution in [-0.2, 0) is 27.7 Å². The summed E-state index contributed by atoms with van der Waals surface area (Å²) >= 11 is 5.96. The van der Waals surface area contributed by atoms with E-state index in [0.717, 1.165) is 12.0 Å². The van der Waals surface area contributed by atoms with Crippen LogP contribution in [0, 0.1) is 0 Å². The van der Waals surface area contributed by atoms with E-state index in [2.05, 4.69) is 5.32 Å². The number of hydrogen-bond donors (Lipinski definition) is 1. The molecule has 0 aromatic heterocycles. The third-order valence-corrected chi connectivity index (χ3v) is 6.51. The molecule has 2 fully saturated rings. The lowest BCUT2D eigenvalue weighted by Crippen LogP contribution is -2.49. The molecule has 0 atom stereocenters. The highest BCUT2D eigenvalue weighted by molar-refractivity contribution is 6.30. The minimum atomic E-state index is -4.51. The average Bonchev–Trinajstić information content (AvgIpc) is 2.72. The maximum atomic E-state index is 13.8. The van der Waals surface area contributed by atoms with Crippen LogP contribution in [0.3, 0.4) is 0 Å². The number of ether oxygens (including phenoxy) is 1. The largest absolute Gasteiger partial charge is 0.416 e. The number of anilines is 1. The van der Waals surface area contributed by atoms with Crippen LogP contribution in [0.1, 0.15) is 36.0 Å². The fourth-order valence-corrected chi connectivity index (χ4v) is 4.42. The van der Waals surface area contributed by atoms with Gasteiger partial charge in [-0.05, 0) is 48.2 Å². The van der Waals surface area contributed by atoms with Crippen molar-refractivity contribution in [3.63, 3.8) is 0 Å². The molecule has 1 aliphatic heterocycles. The van der Waals surface area contributed by atoms with Crippen molar-refractivity contribution in [3.8, 4) is 0 Å². The van der Waals surface area contributed by atoms with E-state index in [1.54, 1.807) is 18.2 Å². The molecule has 1 aliphatic carbocycles. The number of alkyl halides is 3. The Morgan fingerprint density at radius 2 is 1.77 bits per heavy atom. The van der Waals surface area contributed by atoms with Gasteiger partial charge in [-0.2, -0.15) is 13.2 Å². The summed E-state index contributed by atoms with van der Waals surface area (Å²) in [5, 5.41) is 3.34. The van der Waals surface area contributed by atoms with Crippen molar-refractivity contribution in [2.24, 2.45) is 0 Å². The van der Waals surface area contributed by atoms with Crippen LogP contribution in [0.2, 0.25) is 5.02 Å². The van der Waals surface area contributed by atoms with Crippen LogP contribution in [0.5, 0.6) is 0 Å². The summed E-state index contributed by atoms with van der Waals surface area (Å²) in [5.41, 5.74) is 0.00700. The number of hydrogen-bond acceptors (Lipinski definition) is 3. The normalized spacial score (nSPS) is 18.4. The molecule has 4 nitrogen and oxygen atoms in total. The minimum Gasteiger partial charge on any atom is -0.378 e. The Morgan fingerprint density at radius 3 is 2.35 bits per heavy atom. The molecule has 0 unspecified atom stereocenters. The Balaban J connectivity index is 1.53. The Kier molecular flexibility index (Phi) is 6.17. The van der Waals surface area contributed by atoms with Crippen molar-refractivity contribution in [1.82, 2.24) is 5.32 Å². The van der Waals surface area contributed by atoms with Gasteiger partial charge in [0.15, 0.2) is 0 Å². The zero-order chi connectivity index (χ0) is 22.1. The summed E-state index contributed by atoms with van der Waals surface area (Å²) in [5.74, 6) is -0.244. The lowest BCUT2D eigenvalue weighted by atomic mass is 9.64. The van der Waals surface area contributed by atoms with Crippen LogP contribution in [0.15, 0.2) is 42.5 Å². The minimum absolute atomic E-state index is 0.0587. The first-order valence-electron chi connectivity index (χ1n) is 10.4. The standard InChI is InChI=1S/C23H24ClF3N2O2/c24-18-5-3-17(4-6-18)22(8-1-9-22)21(30)28-15-16-2-7-19(14-20(16)23(25,26)27)29-10-12-31-13-11-29/h2-7,14H,1,8-13,15H2,(H,28,30). The van der Waals surface area contributed by atoms with Gasteiger partial charge in [0.05, 0.1) is 24.2 Å². The molecule has 2 aromatic rings. The highest BCUT2D eigenvalue weighted by Gasteiger charge is 2.45. The topological polar surface area (TPSA) is 41.6 Å². The van der Waals surface area contributed by atoms with E-state index in [1.807, 2.05) is 17.0 Å². The number of rotatable bonds is 5. The Hall–Kier alpha value is -2.25. The second kappa shape index (κ2) is 8.71. The lowest BCUT2D eigenvalue weighted by Gasteiger charge is -2.40. The molecule has 0 spiro atoms. The number of carbonyl (C=O) groups excluding carboxylic acids is 1. The molecule has 1 amide bonds. The van der Waals surface area contributed by atoms with Crippen LogP contribution in [0.4, 0.5) is 18.9 Å². The van der Waals surface area contributed by atoms with Gasteiger partial charge < -0.3 is 15.0 Å². The first-order chi connectivity index (χ1) is 14.8. The number of nitrogens with zero attached hydrogens (tertiary/aromatic N) is 1. The maximum absolute atomic E-state index is 13.8. The molecule has 8 heteroatoms. The van der Waals surface area contributed by atoms with E-state index in [4.69, 9.17) is 16.3 Å². The smallest absolute Gasteiger partial charge is 0.378 e. The number of carbonyl (C=O) groups is 1. The summed E-state index contributed by atoms with van der Waals surface area (Å²) in [4.78, 5) is 14.9. The fraction of sp³-hybridized carbons (Fsp3) is 0.435. The Bertz CT molecular complexity index is 937. The summed E-state index contributed by atoms with van der Waals surface area (Å²) in [6.45, 7) is 1.91. The van der Waals surface area contributed by atoms with E-state index in [-0.39, 0.29) is 18.0 Å². The first kappa shape index (κ1) is 22.0. The third kappa shape index (κ3) is 4.53. The fourth-order valence-electron chi connectivity index (χ4n) is 4.29. The van der Waals surface area contributed by atoms with Crippen molar-refractivity contribution < 1.29 is 22.7 Å². The molecule has 1 saturated carbocycles. The summed E-state index contributed by atoms with van der Waals surface area (Å²) in [6.07, 6.45) is -2.27. The van der Waals surface area contributed by atoms with E-state index in [1.165, 1.54) is 12.1 Å². The van der Waals surface area contributed by atoms with Gasteiger partial charge in [0.25, 0.3) is 0 Å². The van der Waals surface area contributed by atoms with Crippen LogP contribution in [-0.4, -0.2) is 32.2 Å². The van der Waals surface area contributed by atoms with E-state index >= 15 is 0 Å². The van der Waals surface area contributed by atoms with E-state index < -0.39 is 17.2 Å². The molecular formula is C23H24ClF3N2O2. The van der Waals surface area contributed by atoms with Gasteiger partial charge in [-0.3, -0.25) is 4.79 Å². The molecule has 31 heavy (non-hydrogen) atoms. The predicted molar refractivity (Wildman–Crippen MR) is 113 cm³/mol. The van der Waals surface area contributed by atoms with E-state index in [0.29, 0.717) is 49.9 Å². The Morgan fingerprint density at radius 1 is 1.10 bits per heavy atom. The van der Waals surface area contributed by atoms with Crippen molar-refractivity contribution in [1.29, 1.82) is 0 Å². The zero-order valence-electron chi connectivity index (χ0n) is 17.0. The molecule has 0 radical (unpaired) electrons. The number of benzene rings is 2. The van der Waals surface area contributed by atoms with Gasteiger partial charge in [-0.1, -0.05) is 36.2 Å². The maximum Gasteiger partial charge on any atom is 0.416 e. The summed E-state index contributed by atoms with van der Waals surface area (Å²) < 4.78 is 46.6. The molecule has 1 heterocycles. The van der Waals surface area contributed by atoms with Gasteiger partial charge in [0.1, 0.15) is 0 Å². The monoisotopic (exact) mass is 452 g/mol. The lowest BCUT2D eigenvalue weighted by molar-refractivity contribution is -0.138. The highest BCUT2D eigenvalue weighted by Crippen LogP contribution is 2.44. The molecule has 2 aliphatic rings. The third-order valence-electron chi connectivity index (χ3n) is 6.25. The van der Waals surface area contributed by atoms with Gasteiger partial charge in [-0.15, -0.1) is 0 Å². The van der Waals surface area contributed by atoms with E-state index in [9.17, 15) is 18.0 Å². The SMILES string of the molecule is O=C(NCc1ccc(N2CCOCC2)cc1C(F)(F)F)C1(c2ccc(Cl)cc2)CCC1. The summed E-state index contributed by atoms with van der Waals surface area (Å²) in [7, 11) is 0. The van der Waals surface area contributed by atoms with Crippen molar-refractivity contribution >= 4 is 23.2 Å². The van der Waals surface area contributed by atoms with Gasteiger partial charge in [0, 0.05) is 30.3 Å². The molecule has 4 rings (SSSR count). The van der Waals surface area contributed by atoms with Crippen molar-refractivity contribution in [2.45, 2.75) is 37.4 Å². The number of halogens is 4. The predicted octanol–water partition coefficient (Wildman–Crippen LogP) is 4.93. The second-order valence-corrected chi connectivity index (χ2v) is 8.50. The van der Waals surface area contributed by atoms with Gasteiger partial charge >= 0.3 is 6.18 Å². The number of nitrogens with one attached hydrogen (secondary N) is 1. The van der Waals surface area contributed by atoms with Crippen molar-refractivity contribution in [3.05, 3.63) is 64.2 Å². The number of amides is 1. The van der Waals surface area contributed by atoms with Gasteiger partial charge in [0.2, 0.25) is 5.91 Å². The quantitative estimate of drug-likeness (QED) is 0.699. The van der Waals surface area contributed by atoms with Crippen molar-refractivity contribution in [2.75, 3.05) is 31.2 Å². The molecule has 2 aromatic carbocycles. The van der Waals surface area contributed by atoms with Crippen LogP contribution >= 0.6 is 11.6 Å². The molecular weight excluding hydrogens is 429 g/mol. The summed E-state index contributed by atoms with van der Waals surface area (Å²) in [6, 6.07) is 11.4. The number of morpholine rings is 1. The first-order valence-corrected chi connectivity index (χ1v) is 10.7. The average molecular weight is 453 g/mol. The Labute approximate surface area is 184 Å².